The van der Waals surface area contributed by atoms with Crippen LogP contribution in [0.1, 0.15) is 52.4 Å². The minimum absolute atomic E-state index is 0.192. The number of carbonyl (C=O) groups excluding carboxylic acids is 1. The van der Waals surface area contributed by atoms with E-state index >= 15 is 0 Å². The molecular formula is C13H25NO2. The molecule has 0 aliphatic heterocycles. The summed E-state index contributed by atoms with van der Waals surface area (Å²) in [5, 5.41) is 11.8. The third kappa shape index (κ3) is 4.52. The summed E-state index contributed by atoms with van der Waals surface area (Å²) < 4.78 is 0. The van der Waals surface area contributed by atoms with Gasteiger partial charge in [0, 0.05) is 18.6 Å². The first-order valence-corrected chi connectivity index (χ1v) is 6.54. The largest absolute Gasteiger partial charge is 0.396 e. The van der Waals surface area contributed by atoms with E-state index in [4.69, 9.17) is 5.11 Å². The molecule has 0 heterocycles. The second-order valence-electron chi connectivity index (χ2n) is 5.24. The molecule has 1 rings (SSSR count). The van der Waals surface area contributed by atoms with Crippen LogP contribution in [0.25, 0.3) is 0 Å². The highest BCUT2D eigenvalue weighted by Gasteiger charge is 2.25. The van der Waals surface area contributed by atoms with Gasteiger partial charge in [0.15, 0.2) is 0 Å². The van der Waals surface area contributed by atoms with Crippen molar-refractivity contribution >= 4 is 5.91 Å². The molecule has 0 saturated heterocycles. The van der Waals surface area contributed by atoms with Gasteiger partial charge < -0.3 is 10.4 Å². The van der Waals surface area contributed by atoms with E-state index < -0.39 is 0 Å². The van der Waals surface area contributed by atoms with Gasteiger partial charge in [0.05, 0.1) is 0 Å². The molecule has 0 radical (unpaired) electrons. The summed E-state index contributed by atoms with van der Waals surface area (Å²) in [6.07, 6.45) is 6.17. The number of nitrogens with one attached hydrogen (secondary N) is 1. The Labute approximate surface area is 98.6 Å². The Kier molecular flexibility index (Phi) is 5.81. The van der Waals surface area contributed by atoms with Crippen LogP contribution in [0, 0.1) is 11.8 Å². The molecule has 0 aromatic rings. The first-order chi connectivity index (χ1) is 7.63. The zero-order valence-electron chi connectivity index (χ0n) is 10.5. The quantitative estimate of drug-likeness (QED) is 0.755. The monoisotopic (exact) mass is 227 g/mol. The molecule has 0 aromatic heterocycles. The first-order valence-electron chi connectivity index (χ1n) is 6.54. The van der Waals surface area contributed by atoms with E-state index in [2.05, 4.69) is 12.2 Å². The van der Waals surface area contributed by atoms with Crippen molar-refractivity contribution in [1.82, 2.24) is 5.32 Å². The number of aliphatic hydroxyl groups excluding tert-OH is 1. The summed E-state index contributed by atoms with van der Waals surface area (Å²) >= 11 is 0. The van der Waals surface area contributed by atoms with Crippen molar-refractivity contribution in [1.29, 1.82) is 0 Å². The number of rotatable bonds is 5. The average Bonchev–Trinajstić information content (AvgIpc) is 2.26. The maximum Gasteiger partial charge on any atom is 0.223 e. The molecule has 3 atom stereocenters. The van der Waals surface area contributed by atoms with E-state index in [0.29, 0.717) is 5.92 Å². The fraction of sp³-hybridized carbons (Fsp3) is 0.923. The van der Waals surface area contributed by atoms with E-state index in [1.165, 1.54) is 12.8 Å². The van der Waals surface area contributed by atoms with Crippen LogP contribution in [0.4, 0.5) is 0 Å². The molecule has 3 nitrogen and oxygen atoms in total. The fourth-order valence-corrected chi connectivity index (χ4v) is 2.50. The summed E-state index contributed by atoms with van der Waals surface area (Å²) in [7, 11) is 0. The van der Waals surface area contributed by atoms with Crippen molar-refractivity contribution in [2.24, 2.45) is 11.8 Å². The van der Waals surface area contributed by atoms with Gasteiger partial charge in [-0.15, -0.1) is 0 Å². The smallest absolute Gasteiger partial charge is 0.223 e. The number of hydrogen-bond donors (Lipinski definition) is 2. The second kappa shape index (κ2) is 6.89. The van der Waals surface area contributed by atoms with E-state index in [0.717, 1.165) is 25.7 Å². The molecule has 0 aromatic carbocycles. The molecule has 16 heavy (non-hydrogen) atoms. The molecule has 1 fully saturated rings. The molecular weight excluding hydrogens is 202 g/mol. The van der Waals surface area contributed by atoms with Crippen molar-refractivity contribution in [2.75, 3.05) is 6.61 Å². The Morgan fingerprint density at radius 1 is 1.50 bits per heavy atom. The summed E-state index contributed by atoms with van der Waals surface area (Å²) in [6.45, 7) is 4.45. The van der Waals surface area contributed by atoms with Gasteiger partial charge in [-0.1, -0.05) is 19.8 Å². The normalized spacial score (nSPS) is 27.4. The van der Waals surface area contributed by atoms with Crippen LogP contribution < -0.4 is 5.32 Å². The molecule has 2 N–H and O–H groups in total. The van der Waals surface area contributed by atoms with Crippen LogP contribution in [0.15, 0.2) is 0 Å². The molecule has 0 bridgehead atoms. The van der Waals surface area contributed by atoms with Gasteiger partial charge in [-0.2, -0.15) is 0 Å². The number of amides is 1. The highest BCUT2D eigenvalue weighted by molar-refractivity contribution is 5.78. The standard InChI is InChI=1S/C13H25NO2/c1-10-5-3-7-12(9-10)13(16)14-11(2)6-4-8-15/h10-12,15H,3-9H2,1-2H3,(H,14,16). The summed E-state index contributed by atoms with van der Waals surface area (Å²) in [4.78, 5) is 11.9. The van der Waals surface area contributed by atoms with Crippen molar-refractivity contribution < 1.29 is 9.90 Å². The lowest BCUT2D eigenvalue weighted by atomic mass is 9.82. The highest BCUT2D eigenvalue weighted by Crippen LogP contribution is 2.28. The Balaban J connectivity index is 2.27. The lowest BCUT2D eigenvalue weighted by Crippen LogP contribution is -2.38. The topological polar surface area (TPSA) is 49.3 Å². The van der Waals surface area contributed by atoms with Gasteiger partial charge in [0.2, 0.25) is 5.91 Å². The van der Waals surface area contributed by atoms with E-state index in [9.17, 15) is 4.79 Å². The third-order valence-electron chi connectivity index (χ3n) is 3.49. The lowest BCUT2D eigenvalue weighted by Gasteiger charge is -2.27. The Morgan fingerprint density at radius 3 is 2.88 bits per heavy atom. The van der Waals surface area contributed by atoms with Crippen LogP contribution >= 0.6 is 0 Å². The van der Waals surface area contributed by atoms with Crippen molar-refractivity contribution in [2.45, 2.75) is 58.4 Å². The molecule has 1 aliphatic rings. The van der Waals surface area contributed by atoms with E-state index in [1.807, 2.05) is 6.92 Å². The second-order valence-corrected chi connectivity index (χ2v) is 5.24. The molecule has 0 spiro atoms. The highest BCUT2D eigenvalue weighted by atomic mass is 16.2. The molecule has 3 unspecified atom stereocenters. The van der Waals surface area contributed by atoms with Crippen LogP contribution in [0.3, 0.4) is 0 Å². The Hall–Kier alpha value is -0.570. The van der Waals surface area contributed by atoms with Crippen LogP contribution in [-0.2, 0) is 4.79 Å². The van der Waals surface area contributed by atoms with Crippen molar-refractivity contribution in [3.63, 3.8) is 0 Å². The third-order valence-corrected chi connectivity index (χ3v) is 3.49. The minimum atomic E-state index is 0.192. The predicted molar refractivity (Wildman–Crippen MR) is 65.0 cm³/mol. The van der Waals surface area contributed by atoms with Gasteiger partial charge in [-0.3, -0.25) is 4.79 Å². The van der Waals surface area contributed by atoms with Gasteiger partial charge in [0.1, 0.15) is 0 Å². The Bertz CT molecular complexity index is 218. The number of aliphatic hydroxyl groups is 1. The molecule has 1 aliphatic carbocycles. The lowest BCUT2D eigenvalue weighted by molar-refractivity contribution is -0.127. The van der Waals surface area contributed by atoms with Gasteiger partial charge in [-0.05, 0) is 38.5 Å². The van der Waals surface area contributed by atoms with E-state index in [-0.39, 0.29) is 24.5 Å². The molecule has 1 saturated carbocycles. The maximum absolute atomic E-state index is 11.9. The van der Waals surface area contributed by atoms with Gasteiger partial charge >= 0.3 is 0 Å². The first kappa shape index (κ1) is 13.5. The fourth-order valence-electron chi connectivity index (χ4n) is 2.50. The van der Waals surface area contributed by atoms with Crippen LogP contribution in [0.5, 0.6) is 0 Å². The summed E-state index contributed by atoms with van der Waals surface area (Å²) in [6, 6.07) is 0.192. The van der Waals surface area contributed by atoms with Crippen LogP contribution in [0.2, 0.25) is 0 Å². The summed E-state index contributed by atoms with van der Waals surface area (Å²) in [5.41, 5.74) is 0. The van der Waals surface area contributed by atoms with Crippen molar-refractivity contribution in [3.8, 4) is 0 Å². The van der Waals surface area contributed by atoms with E-state index in [1.54, 1.807) is 0 Å². The SMILES string of the molecule is CC1CCCC(C(=O)NC(C)CCCO)C1. The van der Waals surface area contributed by atoms with Crippen molar-refractivity contribution in [3.05, 3.63) is 0 Å². The zero-order valence-corrected chi connectivity index (χ0v) is 10.5. The Morgan fingerprint density at radius 2 is 2.25 bits per heavy atom. The van der Waals surface area contributed by atoms with Crippen LogP contribution in [-0.4, -0.2) is 23.7 Å². The number of carbonyl (C=O) groups is 1. The summed E-state index contributed by atoms with van der Waals surface area (Å²) in [5.74, 6) is 1.13. The molecule has 3 heteroatoms. The minimum Gasteiger partial charge on any atom is -0.396 e. The maximum atomic E-state index is 11.9. The van der Waals surface area contributed by atoms with Gasteiger partial charge in [0.25, 0.3) is 0 Å². The zero-order chi connectivity index (χ0) is 12.0. The molecule has 1 amide bonds. The van der Waals surface area contributed by atoms with Gasteiger partial charge in [-0.25, -0.2) is 0 Å². The average molecular weight is 227 g/mol. The number of hydrogen-bond acceptors (Lipinski definition) is 2. The molecule has 94 valence electrons. The predicted octanol–water partition coefficient (Wildman–Crippen LogP) is 2.09.